The molecule has 0 radical (unpaired) electrons. The zero-order valence-electron chi connectivity index (χ0n) is 6.19. The Bertz CT molecular complexity index is 197. The molecule has 1 amide bonds. The van der Waals surface area contributed by atoms with Crippen LogP contribution >= 0.6 is 0 Å². The summed E-state index contributed by atoms with van der Waals surface area (Å²) in [5.74, 6) is -0.532. The highest BCUT2D eigenvalue weighted by atomic mass is 19.1. The minimum atomic E-state index is -1.61. The fourth-order valence-corrected chi connectivity index (χ4v) is 1.84. The third-order valence-electron chi connectivity index (χ3n) is 2.58. The van der Waals surface area contributed by atoms with Crippen LogP contribution in [-0.2, 0) is 4.79 Å². The summed E-state index contributed by atoms with van der Waals surface area (Å²) < 4.78 is 13.7. The molecular formula is C7H11FN2O. The molecule has 0 unspecified atom stereocenters. The highest BCUT2D eigenvalue weighted by molar-refractivity contribution is 5.87. The van der Waals surface area contributed by atoms with E-state index in [0.29, 0.717) is 13.1 Å². The number of hydrogen-bond donors (Lipinski definition) is 2. The minimum absolute atomic E-state index is 0.101. The van der Waals surface area contributed by atoms with Crippen LogP contribution in [0, 0.1) is 5.92 Å². The zero-order chi connectivity index (χ0) is 7.90. The molecule has 4 heteroatoms. The van der Waals surface area contributed by atoms with Crippen LogP contribution < -0.4 is 10.6 Å². The van der Waals surface area contributed by atoms with E-state index >= 15 is 0 Å². The van der Waals surface area contributed by atoms with Crippen molar-refractivity contribution in [1.82, 2.24) is 10.6 Å². The van der Waals surface area contributed by atoms with Crippen molar-refractivity contribution in [3.8, 4) is 0 Å². The van der Waals surface area contributed by atoms with E-state index in [-0.39, 0.29) is 12.5 Å². The molecule has 11 heavy (non-hydrogen) atoms. The molecule has 0 saturated carbocycles. The van der Waals surface area contributed by atoms with Crippen molar-refractivity contribution in [3.63, 3.8) is 0 Å². The second-order valence-corrected chi connectivity index (χ2v) is 3.23. The summed E-state index contributed by atoms with van der Waals surface area (Å²) in [6.45, 7) is 1.45. The lowest BCUT2D eigenvalue weighted by molar-refractivity contribution is -0.136. The fourth-order valence-electron chi connectivity index (χ4n) is 1.84. The van der Waals surface area contributed by atoms with Gasteiger partial charge in [0.2, 0.25) is 5.67 Å². The van der Waals surface area contributed by atoms with Crippen LogP contribution in [0.4, 0.5) is 4.39 Å². The highest BCUT2D eigenvalue weighted by Crippen LogP contribution is 2.31. The van der Waals surface area contributed by atoms with Crippen LogP contribution in [0.25, 0.3) is 0 Å². The Balaban J connectivity index is 2.24. The normalized spacial score (nSPS) is 43.4. The lowest BCUT2D eigenvalue weighted by atomic mass is 9.86. The SMILES string of the molecule is O=C1NCC[C@@H]2CNC[C@@]12F. The number of nitrogens with one attached hydrogen (secondary N) is 2. The van der Waals surface area contributed by atoms with Gasteiger partial charge in [-0.05, 0) is 6.42 Å². The molecule has 0 spiro atoms. The lowest BCUT2D eigenvalue weighted by Gasteiger charge is -2.29. The second-order valence-electron chi connectivity index (χ2n) is 3.23. The molecule has 2 aliphatic rings. The van der Waals surface area contributed by atoms with E-state index in [4.69, 9.17) is 0 Å². The Morgan fingerprint density at radius 2 is 2.45 bits per heavy atom. The van der Waals surface area contributed by atoms with Gasteiger partial charge in [-0.2, -0.15) is 0 Å². The van der Waals surface area contributed by atoms with Gasteiger partial charge in [-0.15, -0.1) is 0 Å². The highest BCUT2D eigenvalue weighted by Gasteiger charge is 2.51. The number of amides is 1. The molecule has 2 N–H and O–H groups in total. The molecule has 3 nitrogen and oxygen atoms in total. The summed E-state index contributed by atoms with van der Waals surface area (Å²) >= 11 is 0. The van der Waals surface area contributed by atoms with E-state index in [1.165, 1.54) is 0 Å². The average Bonchev–Trinajstić information content (AvgIpc) is 2.34. The predicted molar refractivity (Wildman–Crippen MR) is 37.8 cm³/mol. The van der Waals surface area contributed by atoms with Gasteiger partial charge in [0.1, 0.15) is 0 Å². The minimum Gasteiger partial charge on any atom is -0.353 e. The van der Waals surface area contributed by atoms with Crippen molar-refractivity contribution < 1.29 is 9.18 Å². The van der Waals surface area contributed by atoms with Crippen LogP contribution in [0.15, 0.2) is 0 Å². The van der Waals surface area contributed by atoms with Gasteiger partial charge in [-0.3, -0.25) is 4.79 Å². The smallest absolute Gasteiger partial charge is 0.259 e. The van der Waals surface area contributed by atoms with Crippen LogP contribution in [0.1, 0.15) is 6.42 Å². The largest absolute Gasteiger partial charge is 0.353 e. The fraction of sp³-hybridized carbons (Fsp3) is 0.857. The van der Waals surface area contributed by atoms with Gasteiger partial charge in [0.15, 0.2) is 0 Å². The van der Waals surface area contributed by atoms with Crippen LogP contribution in [0.3, 0.4) is 0 Å². The van der Waals surface area contributed by atoms with Gasteiger partial charge in [-0.1, -0.05) is 0 Å². The number of carbonyl (C=O) groups is 1. The van der Waals surface area contributed by atoms with Crippen molar-refractivity contribution in [2.45, 2.75) is 12.1 Å². The van der Waals surface area contributed by atoms with Gasteiger partial charge in [-0.25, -0.2) is 4.39 Å². The molecular weight excluding hydrogens is 147 g/mol. The third kappa shape index (κ3) is 0.854. The summed E-state index contributed by atoms with van der Waals surface area (Å²) in [5, 5.41) is 5.44. The Morgan fingerprint density at radius 1 is 1.64 bits per heavy atom. The van der Waals surface area contributed by atoms with E-state index in [2.05, 4.69) is 10.6 Å². The number of carbonyl (C=O) groups excluding carboxylic acids is 1. The quantitative estimate of drug-likeness (QED) is 0.496. The zero-order valence-corrected chi connectivity index (χ0v) is 6.19. The van der Waals surface area contributed by atoms with Crippen LogP contribution in [-0.4, -0.2) is 31.2 Å². The number of fused-ring (bicyclic) bond motifs is 1. The van der Waals surface area contributed by atoms with Crippen molar-refractivity contribution in [1.29, 1.82) is 0 Å². The predicted octanol–water partition coefficient (Wildman–Crippen LogP) is -0.566. The Labute approximate surface area is 64.3 Å². The molecule has 2 heterocycles. The van der Waals surface area contributed by atoms with E-state index in [9.17, 15) is 9.18 Å². The lowest BCUT2D eigenvalue weighted by Crippen LogP contribution is -2.53. The van der Waals surface area contributed by atoms with Gasteiger partial charge in [0.05, 0.1) is 0 Å². The Morgan fingerprint density at radius 3 is 3.18 bits per heavy atom. The molecule has 2 fully saturated rings. The first-order chi connectivity index (χ1) is 5.23. The molecule has 0 aromatic heterocycles. The number of alkyl halides is 1. The molecule has 0 aromatic carbocycles. The summed E-state index contributed by atoms with van der Waals surface area (Å²) in [6.07, 6.45) is 0.759. The van der Waals surface area contributed by atoms with E-state index in [1.807, 2.05) is 0 Å². The van der Waals surface area contributed by atoms with E-state index in [0.717, 1.165) is 6.42 Å². The summed E-state index contributed by atoms with van der Waals surface area (Å²) in [6, 6.07) is 0. The molecule has 2 atom stereocenters. The maximum Gasteiger partial charge on any atom is 0.259 e. The van der Waals surface area contributed by atoms with Crippen LogP contribution in [0.5, 0.6) is 0 Å². The van der Waals surface area contributed by atoms with Gasteiger partial charge in [0, 0.05) is 25.6 Å². The Kier molecular flexibility index (Phi) is 1.39. The molecule has 2 saturated heterocycles. The first-order valence-corrected chi connectivity index (χ1v) is 3.91. The van der Waals surface area contributed by atoms with Crippen molar-refractivity contribution >= 4 is 5.91 Å². The average molecular weight is 158 g/mol. The number of halogens is 1. The molecule has 62 valence electrons. The molecule has 0 bridgehead atoms. The third-order valence-corrected chi connectivity index (χ3v) is 2.58. The standard InChI is InChI=1S/C7H11FN2O/c8-7-4-9-3-5(7)1-2-10-6(7)11/h5,9H,1-4H2,(H,10,11)/t5-,7+/m1/s1. The molecule has 0 aromatic rings. The Hall–Kier alpha value is -0.640. The molecule has 0 aliphatic carbocycles. The van der Waals surface area contributed by atoms with Crippen LogP contribution in [0.2, 0.25) is 0 Å². The summed E-state index contributed by atoms with van der Waals surface area (Å²) in [5.41, 5.74) is -1.61. The number of piperidine rings is 1. The van der Waals surface area contributed by atoms with Crippen molar-refractivity contribution in [3.05, 3.63) is 0 Å². The topological polar surface area (TPSA) is 41.1 Å². The number of hydrogen-bond acceptors (Lipinski definition) is 2. The van der Waals surface area contributed by atoms with E-state index < -0.39 is 11.6 Å². The summed E-state index contributed by atoms with van der Waals surface area (Å²) in [4.78, 5) is 11.1. The maximum atomic E-state index is 13.7. The monoisotopic (exact) mass is 158 g/mol. The number of rotatable bonds is 0. The van der Waals surface area contributed by atoms with E-state index in [1.54, 1.807) is 0 Å². The van der Waals surface area contributed by atoms with Crippen molar-refractivity contribution in [2.24, 2.45) is 5.92 Å². The molecule has 2 aliphatic heterocycles. The maximum absolute atomic E-state index is 13.7. The van der Waals surface area contributed by atoms with Gasteiger partial charge < -0.3 is 10.6 Å². The van der Waals surface area contributed by atoms with Gasteiger partial charge >= 0.3 is 0 Å². The first kappa shape index (κ1) is 7.03. The van der Waals surface area contributed by atoms with Gasteiger partial charge in [0.25, 0.3) is 5.91 Å². The molecule has 2 rings (SSSR count). The first-order valence-electron chi connectivity index (χ1n) is 3.91. The van der Waals surface area contributed by atoms with Crippen molar-refractivity contribution in [2.75, 3.05) is 19.6 Å². The summed E-state index contributed by atoms with van der Waals surface area (Å²) in [7, 11) is 0. The second kappa shape index (κ2) is 2.17.